The minimum Gasteiger partial charge on any atom is -0.461 e. The third kappa shape index (κ3) is 4.61. The average molecular weight is 615 g/mol. The highest BCUT2D eigenvalue weighted by molar-refractivity contribution is 6.02. The number of anilines is 1. The number of fused-ring (bicyclic) bond motifs is 5. The first-order chi connectivity index (χ1) is 21.8. The van der Waals surface area contributed by atoms with Gasteiger partial charge in [0, 0.05) is 54.4 Å². The van der Waals surface area contributed by atoms with Crippen LogP contribution in [-0.4, -0.2) is 70.3 Å². The van der Waals surface area contributed by atoms with Crippen molar-refractivity contribution in [3.8, 4) is 29.6 Å². The second kappa shape index (κ2) is 10.7. The zero-order chi connectivity index (χ0) is 30.9. The summed E-state index contributed by atoms with van der Waals surface area (Å²) in [6, 6.07) is 8.64. The summed E-state index contributed by atoms with van der Waals surface area (Å²) in [4.78, 5) is 18.0. The van der Waals surface area contributed by atoms with Gasteiger partial charge in [-0.05, 0) is 50.1 Å². The average Bonchev–Trinajstić information content (AvgIpc) is 3.71. The van der Waals surface area contributed by atoms with E-state index >= 15 is 4.39 Å². The van der Waals surface area contributed by atoms with Gasteiger partial charge in [-0.1, -0.05) is 30.2 Å². The van der Waals surface area contributed by atoms with E-state index in [-0.39, 0.29) is 60.0 Å². The summed E-state index contributed by atoms with van der Waals surface area (Å²) < 4.78 is 64.9. The molecule has 4 aliphatic heterocycles. The van der Waals surface area contributed by atoms with Crippen molar-refractivity contribution >= 4 is 27.5 Å². The number of hydrogen-bond acceptors (Lipinski definition) is 7. The van der Waals surface area contributed by atoms with E-state index in [1.54, 1.807) is 30.5 Å². The van der Waals surface area contributed by atoms with Crippen LogP contribution < -0.4 is 15.0 Å². The van der Waals surface area contributed by atoms with Gasteiger partial charge in [0.1, 0.15) is 29.5 Å². The van der Waals surface area contributed by atoms with Crippen LogP contribution in [0.3, 0.4) is 0 Å². The van der Waals surface area contributed by atoms with Gasteiger partial charge in [-0.25, -0.2) is 8.78 Å². The molecule has 0 saturated carbocycles. The van der Waals surface area contributed by atoms with Crippen molar-refractivity contribution in [2.24, 2.45) is 0 Å². The minimum absolute atomic E-state index is 0.0177. The SMILES string of the molecule is C#Cc1c(F)ccc2cccc(-c3ncc4c(N5CC6CCC(C5)N6)nc(OCC56CCCN5CC(=C(F)F)C6)nc4c3F)c12. The van der Waals surface area contributed by atoms with Crippen LogP contribution in [0, 0.1) is 24.0 Å². The van der Waals surface area contributed by atoms with Crippen LogP contribution >= 0.6 is 0 Å². The highest BCUT2D eigenvalue weighted by atomic mass is 19.3. The molecule has 6 heterocycles. The Morgan fingerprint density at radius 2 is 1.93 bits per heavy atom. The molecule has 0 aliphatic carbocycles. The Bertz CT molecular complexity index is 1930. The minimum atomic E-state index is -1.63. The quantitative estimate of drug-likeness (QED) is 0.225. The normalized spacial score (nSPS) is 24.4. The number of hydrogen-bond donors (Lipinski definition) is 1. The molecule has 7 nitrogen and oxygen atoms in total. The first-order valence-corrected chi connectivity index (χ1v) is 15.3. The van der Waals surface area contributed by atoms with E-state index in [0.717, 1.165) is 19.3 Å². The van der Waals surface area contributed by atoms with Crippen LogP contribution in [-0.2, 0) is 0 Å². The molecule has 11 heteroatoms. The summed E-state index contributed by atoms with van der Waals surface area (Å²) in [6.07, 6.45) is 9.50. The Morgan fingerprint density at radius 3 is 2.71 bits per heavy atom. The van der Waals surface area contributed by atoms with Crippen LogP contribution in [0.15, 0.2) is 48.2 Å². The Kier molecular flexibility index (Phi) is 6.69. The smallest absolute Gasteiger partial charge is 0.319 e. The fraction of sp³-hybridized carbons (Fsp3) is 0.382. The lowest BCUT2D eigenvalue weighted by Gasteiger charge is -2.34. The van der Waals surface area contributed by atoms with E-state index in [2.05, 4.69) is 26.1 Å². The van der Waals surface area contributed by atoms with Gasteiger partial charge in [-0.3, -0.25) is 9.88 Å². The predicted octanol–water partition coefficient (Wildman–Crippen LogP) is 5.81. The summed E-state index contributed by atoms with van der Waals surface area (Å²) in [5.41, 5.74) is -0.0648. The van der Waals surface area contributed by atoms with Crippen molar-refractivity contribution in [2.45, 2.75) is 49.7 Å². The lowest BCUT2D eigenvalue weighted by molar-refractivity contribution is 0.108. The molecule has 3 unspecified atom stereocenters. The van der Waals surface area contributed by atoms with E-state index in [9.17, 15) is 13.2 Å². The van der Waals surface area contributed by atoms with E-state index < -0.39 is 23.3 Å². The van der Waals surface area contributed by atoms with Gasteiger partial charge in [-0.15, -0.1) is 6.42 Å². The van der Waals surface area contributed by atoms with Crippen LogP contribution in [0.25, 0.3) is 32.9 Å². The highest BCUT2D eigenvalue weighted by Gasteiger charge is 2.48. The molecule has 4 aliphatic rings. The summed E-state index contributed by atoms with van der Waals surface area (Å²) in [5, 5.41) is 5.08. The summed E-state index contributed by atoms with van der Waals surface area (Å²) >= 11 is 0. The van der Waals surface area contributed by atoms with E-state index in [1.165, 1.54) is 6.07 Å². The highest BCUT2D eigenvalue weighted by Crippen LogP contribution is 2.43. The molecule has 2 aromatic heterocycles. The lowest BCUT2D eigenvalue weighted by Crippen LogP contribution is -2.51. The number of rotatable bonds is 5. The zero-order valence-corrected chi connectivity index (χ0v) is 24.4. The number of benzene rings is 2. The molecule has 0 spiro atoms. The van der Waals surface area contributed by atoms with Gasteiger partial charge in [0.2, 0.25) is 0 Å². The predicted molar refractivity (Wildman–Crippen MR) is 163 cm³/mol. The maximum Gasteiger partial charge on any atom is 0.319 e. The molecule has 2 aromatic carbocycles. The summed E-state index contributed by atoms with van der Waals surface area (Å²) in [6.45, 7) is 2.40. The van der Waals surface area contributed by atoms with Crippen molar-refractivity contribution < 1.29 is 22.3 Å². The number of aromatic nitrogens is 3. The van der Waals surface area contributed by atoms with Crippen molar-refractivity contribution in [1.29, 1.82) is 0 Å². The molecule has 0 amide bonds. The monoisotopic (exact) mass is 614 g/mol. The molecule has 4 aromatic rings. The number of halogens is 4. The third-order valence-corrected chi connectivity index (χ3v) is 9.96. The fourth-order valence-electron chi connectivity index (χ4n) is 7.84. The number of nitrogens with one attached hydrogen (secondary N) is 1. The number of terminal acetylenes is 1. The summed E-state index contributed by atoms with van der Waals surface area (Å²) in [7, 11) is 0. The van der Waals surface area contributed by atoms with Crippen LogP contribution in [0.1, 0.15) is 37.7 Å². The molecule has 0 radical (unpaired) electrons. The number of ether oxygens (including phenoxy) is 1. The van der Waals surface area contributed by atoms with Gasteiger partial charge in [0.05, 0.1) is 16.5 Å². The Hall–Kier alpha value is -4.27. The largest absolute Gasteiger partial charge is 0.461 e. The van der Waals surface area contributed by atoms with E-state index in [0.29, 0.717) is 53.6 Å². The van der Waals surface area contributed by atoms with Crippen molar-refractivity contribution in [3.05, 3.63) is 65.4 Å². The molecular formula is C34H30F4N6O. The molecule has 3 atom stereocenters. The molecule has 1 N–H and O–H groups in total. The molecule has 4 fully saturated rings. The maximum absolute atomic E-state index is 16.7. The van der Waals surface area contributed by atoms with E-state index in [4.69, 9.17) is 16.1 Å². The Morgan fingerprint density at radius 1 is 1.11 bits per heavy atom. The van der Waals surface area contributed by atoms with Gasteiger partial charge >= 0.3 is 6.01 Å². The lowest BCUT2D eigenvalue weighted by atomic mass is 9.94. The molecular weight excluding hydrogens is 584 g/mol. The maximum atomic E-state index is 16.7. The van der Waals surface area contributed by atoms with Gasteiger partial charge in [0.25, 0.3) is 6.08 Å². The molecule has 230 valence electrons. The first-order valence-electron chi connectivity index (χ1n) is 15.3. The number of nitrogens with zero attached hydrogens (tertiary/aromatic N) is 5. The number of piperazine rings is 1. The van der Waals surface area contributed by atoms with Crippen molar-refractivity contribution in [2.75, 3.05) is 37.7 Å². The second-order valence-corrected chi connectivity index (χ2v) is 12.6. The van der Waals surface area contributed by atoms with E-state index in [1.807, 2.05) is 4.90 Å². The first kappa shape index (κ1) is 28.2. The van der Waals surface area contributed by atoms with Gasteiger partial charge in [0.15, 0.2) is 5.82 Å². The summed E-state index contributed by atoms with van der Waals surface area (Å²) in [5.74, 6) is 1.65. The molecule has 45 heavy (non-hydrogen) atoms. The fourth-order valence-corrected chi connectivity index (χ4v) is 7.84. The zero-order valence-electron chi connectivity index (χ0n) is 24.4. The van der Waals surface area contributed by atoms with Crippen LogP contribution in [0.2, 0.25) is 0 Å². The van der Waals surface area contributed by atoms with Crippen molar-refractivity contribution in [1.82, 2.24) is 25.2 Å². The van der Waals surface area contributed by atoms with Gasteiger partial charge in [-0.2, -0.15) is 18.7 Å². The third-order valence-electron chi connectivity index (χ3n) is 9.96. The molecule has 2 bridgehead atoms. The topological polar surface area (TPSA) is 66.4 Å². The molecule has 4 saturated heterocycles. The van der Waals surface area contributed by atoms with Crippen LogP contribution in [0.5, 0.6) is 6.01 Å². The van der Waals surface area contributed by atoms with Crippen LogP contribution in [0.4, 0.5) is 23.4 Å². The number of pyridine rings is 1. The molecule has 8 rings (SSSR count). The Balaban J connectivity index is 1.25. The second-order valence-electron chi connectivity index (χ2n) is 12.6. The van der Waals surface area contributed by atoms with Crippen molar-refractivity contribution in [3.63, 3.8) is 0 Å². The standard InChI is InChI=1S/C34H30F4N6O/c1-2-23-26(35)10-7-19-5-3-6-24(27(19)23)29-28(36)30-25(14-39-29)32(43-16-21-8-9-22(17-43)40-21)42-33(41-30)45-18-34-11-4-12-44(34)15-20(13-34)31(37)38/h1,3,5-7,10,14,21-22,40H,4,8-9,11-13,15-18H2. The van der Waals surface area contributed by atoms with Gasteiger partial charge < -0.3 is 15.0 Å². The Labute approximate surface area is 257 Å².